The smallest absolute Gasteiger partial charge is 0.333 e. The molecule has 4 fully saturated rings. The summed E-state index contributed by atoms with van der Waals surface area (Å²) in [7, 11) is 0. The molecule has 0 aromatic heterocycles. The van der Waals surface area contributed by atoms with Gasteiger partial charge in [-0.2, -0.15) is 0 Å². The highest BCUT2D eigenvalue weighted by molar-refractivity contribution is 5.87. The molecule has 8 unspecified atom stereocenters. The van der Waals surface area contributed by atoms with Crippen molar-refractivity contribution in [1.29, 1.82) is 0 Å². The van der Waals surface area contributed by atoms with Crippen molar-refractivity contribution in [3.63, 3.8) is 0 Å². The topological polar surface area (TPSA) is 52.6 Å². The lowest BCUT2D eigenvalue weighted by molar-refractivity contribution is -0.156. The van der Waals surface area contributed by atoms with Gasteiger partial charge in [-0.15, -0.1) is 0 Å². The summed E-state index contributed by atoms with van der Waals surface area (Å²) in [6.07, 6.45) is 4.60. The first-order valence-electron chi connectivity index (χ1n) is 8.49. The molecule has 0 radical (unpaired) electrons. The average Bonchev–Trinajstić information content (AvgIpc) is 3.13. The second-order valence-electron chi connectivity index (χ2n) is 7.82. The predicted octanol–water partition coefficient (Wildman–Crippen LogP) is 2.72. The first-order chi connectivity index (χ1) is 10.5. The Morgan fingerprint density at radius 1 is 0.864 bits per heavy atom. The van der Waals surface area contributed by atoms with E-state index in [1.54, 1.807) is 6.92 Å². The van der Waals surface area contributed by atoms with Crippen LogP contribution in [0.3, 0.4) is 0 Å². The number of fused-ring (bicyclic) bond motifs is 9. The highest BCUT2D eigenvalue weighted by atomic mass is 16.5. The van der Waals surface area contributed by atoms with Crippen molar-refractivity contribution in [2.75, 3.05) is 0 Å². The molecule has 0 aromatic rings. The minimum atomic E-state index is -0.241. The van der Waals surface area contributed by atoms with E-state index in [9.17, 15) is 9.59 Å². The minimum absolute atomic E-state index is 0.0852. The fourth-order valence-electron chi connectivity index (χ4n) is 6.20. The Kier molecular flexibility index (Phi) is 3.14. The van der Waals surface area contributed by atoms with Gasteiger partial charge >= 0.3 is 11.9 Å². The molecule has 0 saturated heterocycles. The summed E-state index contributed by atoms with van der Waals surface area (Å²) >= 11 is 0. The Bertz CT molecular complexity index is 539. The van der Waals surface area contributed by atoms with E-state index in [0.29, 0.717) is 41.1 Å². The molecule has 4 saturated carbocycles. The zero-order chi connectivity index (χ0) is 15.6. The maximum atomic E-state index is 11.8. The molecule has 0 N–H and O–H groups in total. The Morgan fingerprint density at radius 2 is 1.36 bits per heavy atom. The number of esters is 2. The molecule has 0 spiro atoms. The van der Waals surface area contributed by atoms with Gasteiger partial charge in [-0.05, 0) is 68.1 Å². The van der Waals surface area contributed by atoms with Gasteiger partial charge in [0.1, 0.15) is 12.2 Å². The van der Waals surface area contributed by atoms with Crippen LogP contribution < -0.4 is 0 Å². The summed E-state index contributed by atoms with van der Waals surface area (Å²) in [5, 5.41) is 0. The molecule has 4 aliphatic rings. The van der Waals surface area contributed by atoms with E-state index in [4.69, 9.17) is 9.47 Å². The van der Waals surface area contributed by atoms with Gasteiger partial charge in [-0.3, -0.25) is 4.79 Å². The molecule has 4 rings (SSSR count). The predicted molar refractivity (Wildman–Crippen MR) is 79.7 cm³/mol. The van der Waals surface area contributed by atoms with Crippen LogP contribution in [0.25, 0.3) is 0 Å². The van der Waals surface area contributed by atoms with Gasteiger partial charge in [0.15, 0.2) is 0 Å². The summed E-state index contributed by atoms with van der Waals surface area (Å²) in [5.41, 5.74) is 0.488. The lowest BCUT2D eigenvalue weighted by Gasteiger charge is -2.40. The van der Waals surface area contributed by atoms with Crippen LogP contribution in [-0.2, 0) is 19.1 Å². The van der Waals surface area contributed by atoms with E-state index in [-0.39, 0.29) is 24.1 Å². The zero-order valence-electron chi connectivity index (χ0n) is 13.3. The molecule has 4 heteroatoms. The van der Waals surface area contributed by atoms with Crippen molar-refractivity contribution in [3.05, 3.63) is 12.2 Å². The largest absolute Gasteiger partial charge is 0.462 e. The van der Waals surface area contributed by atoms with Gasteiger partial charge in [-0.25, -0.2) is 4.79 Å². The molecular weight excluding hydrogens is 280 g/mol. The summed E-state index contributed by atoms with van der Waals surface area (Å²) in [6.45, 7) is 6.90. The van der Waals surface area contributed by atoms with Crippen LogP contribution >= 0.6 is 0 Å². The third kappa shape index (κ3) is 1.95. The summed E-state index contributed by atoms with van der Waals surface area (Å²) < 4.78 is 11.2. The van der Waals surface area contributed by atoms with Gasteiger partial charge in [0, 0.05) is 12.5 Å². The van der Waals surface area contributed by atoms with Crippen LogP contribution in [-0.4, -0.2) is 24.1 Å². The summed E-state index contributed by atoms with van der Waals surface area (Å²) in [6, 6.07) is 0. The first kappa shape index (κ1) is 14.3. The van der Waals surface area contributed by atoms with E-state index < -0.39 is 0 Å². The Balaban J connectivity index is 1.47. The fourth-order valence-corrected chi connectivity index (χ4v) is 6.20. The number of hydrogen-bond donors (Lipinski definition) is 0. The van der Waals surface area contributed by atoms with Gasteiger partial charge in [-0.1, -0.05) is 6.58 Å². The minimum Gasteiger partial charge on any atom is -0.462 e. The van der Waals surface area contributed by atoms with Crippen molar-refractivity contribution < 1.29 is 19.1 Å². The van der Waals surface area contributed by atoms with Crippen molar-refractivity contribution in [2.24, 2.45) is 35.5 Å². The van der Waals surface area contributed by atoms with Crippen LogP contribution in [0, 0.1) is 35.5 Å². The maximum Gasteiger partial charge on any atom is 0.333 e. The highest BCUT2D eigenvalue weighted by Gasteiger charge is 2.66. The second-order valence-corrected chi connectivity index (χ2v) is 7.82. The first-order valence-corrected chi connectivity index (χ1v) is 8.49. The number of hydrogen-bond acceptors (Lipinski definition) is 4. The standard InChI is InChI=1S/C18H24O4/c1-8(2)18(20)22-15-7-11-5-13(15)17-10-4-12(16(11)17)14(6-10)21-9(3)19/h10-17H,1,4-7H2,2-3H3. The Labute approximate surface area is 131 Å². The Hall–Kier alpha value is -1.32. The molecule has 0 heterocycles. The maximum absolute atomic E-state index is 11.8. The van der Waals surface area contributed by atoms with E-state index in [1.807, 2.05) is 0 Å². The van der Waals surface area contributed by atoms with Crippen LogP contribution in [0.15, 0.2) is 12.2 Å². The van der Waals surface area contributed by atoms with E-state index in [2.05, 4.69) is 6.58 Å². The molecule has 0 aromatic carbocycles. The number of ether oxygens (including phenoxy) is 2. The number of carbonyl (C=O) groups excluding carboxylic acids is 2. The molecule has 120 valence electrons. The fraction of sp³-hybridized carbons (Fsp3) is 0.778. The van der Waals surface area contributed by atoms with E-state index in [0.717, 1.165) is 12.8 Å². The average molecular weight is 304 g/mol. The summed E-state index contributed by atoms with van der Waals surface area (Å²) in [4.78, 5) is 23.1. The van der Waals surface area contributed by atoms with Crippen molar-refractivity contribution in [2.45, 2.75) is 51.7 Å². The van der Waals surface area contributed by atoms with Crippen molar-refractivity contribution in [1.82, 2.24) is 0 Å². The number of carbonyl (C=O) groups is 2. The van der Waals surface area contributed by atoms with Crippen LogP contribution in [0.5, 0.6) is 0 Å². The molecule has 0 amide bonds. The van der Waals surface area contributed by atoms with E-state index in [1.165, 1.54) is 19.8 Å². The van der Waals surface area contributed by atoms with Crippen LogP contribution in [0.2, 0.25) is 0 Å². The highest BCUT2D eigenvalue weighted by Crippen LogP contribution is 2.68. The molecule has 22 heavy (non-hydrogen) atoms. The Morgan fingerprint density at radius 3 is 1.82 bits per heavy atom. The van der Waals surface area contributed by atoms with E-state index >= 15 is 0 Å². The lowest BCUT2D eigenvalue weighted by atomic mass is 9.69. The van der Waals surface area contributed by atoms with Crippen molar-refractivity contribution in [3.8, 4) is 0 Å². The normalized spacial score (nSPS) is 47.4. The zero-order valence-corrected chi connectivity index (χ0v) is 13.3. The second kappa shape index (κ2) is 4.84. The summed E-state index contributed by atoms with van der Waals surface area (Å²) in [5.74, 6) is 3.34. The molecule has 4 nitrogen and oxygen atoms in total. The molecular formula is C18H24O4. The van der Waals surface area contributed by atoms with Gasteiger partial charge in [0.25, 0.3) is 0 Å². The van der Waals surface area contributed by atoms with Gasteiger partial charge in [0.2, 0.25) is 0 Å². The molecule has 0 aliphatic heterocycles. The van der Waals surface area contributed by atoms with Crippen LogP contribution in [0.1, 0.15) is 39.5 Å². The number of rotatable bonds is 3. The van der Waals surface area contributed by atoms with Gasteiger partial charge in [0.05, 0.1) is 0 Å². The van der Waals surface area contributed by atoms with Crippen LogP contribution in [0.4, 0.5) is 0 Å². The molecule has 4 bridgehead atoms. The van der Waals surface area contributed by atoms with Crippen molar-refractivity contribution >= 4 is 11.9 Å². The molecule has 8 atom stereocenters. The monoisotopic (exact) mass is 304 g/mol. The third-order valence-electron chi connectivity index (χ3n) is 6.62. The third-order valence-corrected chi connectivity index (χ3v) is 6.62. The van der Waals surface area contributed by atoms with Gasteiger partial charge < -0.3 is 9.47 Å². The quantitative estimate of drug-likeness (QED) is 0.457. The lowest BCUT2D eigenvalue weighted by Crippen LogP contribution is -2.42. The molecule has 4 aliphatic carbocycles. The SMILES string of the molecule is C=C(C)C(=O)OC1CC2CC1C1C3CC(OC(C)=O)C(C3)C21.